The minimum absolute atomic E-state index is 0.202. The van der Waals surface area contributed by atoms with E-state index in [-0.39, 0.29) is 11.1 Å². The van der Waals surface area contributed by atoms with Crippen molar-refractivity contribution in [2.75, 3.05) is 19.6 Å². The summed E-state index contributed by atoms with van der Waals surface area (Å²) in [6, 6.07) is 13.8. The van der Waals surface area contributed by atoms with Gasteiger partial charge in [0.25, 0.3) is 5.91 Å². The number of amides is 1. The van der Waals surface area contributed by atoms with Crippen LogP contribution in [0.5, 0.6) is 0 Å². The van der Waals surface area contributed by atoms with Gasteiger partial charge in [-0.2, -0.15) is 0 Å². The van der Waals surface area contributed by atoms with Gasteiger partial charge in [-0.1, -0.05) is 36.4 Å². The molecule has 0 radical (unpaired) electrons. The number of aryl methyl sites for hydroxylation is 2. The summed E-state index contributed by atoms with van der Waals surface area (Å²) in [6.07, 6.45) is 4.21. The number of carbonyl (C=O) groups is 1. The standard InChI is InChI=1S/C24H30F2N2O/c1-17-8-11-21(23(26)22(17)25)24(29)27-16-20-12-14-28(15-13-20)18(2)9-10-19-6-4-3-5-7-19/h3-8,11,18,20H,9-10,12-16H2,1-2H3,(H,27,29). The van der Waals surface area contributed by atoms with Crippen LogP contribution in [0.4, 0.5) is 8.78 Å². The van der Waals surface area contributed by atoms with Crippen LogP contribution in [0.3, 0.4) is 0 Å². The molecule has 1 fully saturated rings. The Morgan fingerprint density at radius 2 is 1.79 bits per heavy atom. The maximum absolute atomic E-state index is 14.0. The van der Waals surface area contributed by atoms with E-state index in [9.17, 15) is 13.6 Å². The molecule has 1 unspecified atom stereocenters. The van der Waals surface area contributed by atoms with Gasteiger partial charge in [0.1, 0.15) is 0 Å². The molecular formula is C24H30F2N2O. The summed E-state index contributed by atoms with van der Waals surface area (Å²) in [5.41, 5.74) is 1.35. The molecule has 1 atom stereocenters. The van der Waals surface area contributed by atoms with Gasteiger partial charge >= 0.3 is 0 Å². The molecule has 0 bridgehead atoms. The van der Waals surface area contributed by atoms with Gasteiger partial charge in [0.2, 0.25) is 0 Å². The third kappa shape index (κ3) is 5.63. The molecule has 0 saturated carbocycles. The Morgan fingerprint density at radius 1 is 1.10 bits per heavy atom. The van der Waals surface area contributed by atoms with E-state index in [1.54, 1.807) is 0 Å². The largest absolute Gasteiger partial charge is 0.352 e. The average Bonchev–Trinajstić information content (AvgIpc) is 2.75. The van der Waals surface area contributed by atoms with Gasteiger partial charge in [-0.25, -0.2) is 8.78 Å². The number of benzene rings is 2. The van der Waals surface area contributed by atoms with Crippen LogP contribution in [0.25, 0.3) is 0 Å². The van der Waals surface area contributed by atoms with Crippen LogP contribution in [0, 0.1) is 24.5 Å². The van der Waals surface area contributed by atoms with Crippen LogP contribution in [-0.2, 0) is 6.42 Å². The molecule has 29 heavy (non-hydrogen) atoms. The van der Waals surface area contributed by atoms with E-state index in [1.807, 2.05) is 6.07 Å². The highest BCUT2D eigenvalue weighted by atomic mass is 19.2. The fourth-order valence-electron chi connectivity index (χ4n) is 3.95. The van der Waals surface area contributed by atoms with E-state index in [2.05, 4.69) is 41.4 Å². The zero-order valence-corrected chi connectivity index (χ0v) is 17.3. The molecular weight excluding hydrogens is 370 g/mol. The maximum Gasteiger partial charge on any atom is 0.254 e. The number of hydrogen-bond donors (Lipinski definition) is 1. The summed E-state index contributed by atoms with van der Waals surface area (Å²) >= 11 is 0. The van der Waals surface area contributed by atoms with Crippen molar-refractivity contribution >= 4 is 5.91 Å². The molecule has 1 saturated heterocycles. The Morgan fingerprint density at radius 3 is 2.48 bits per heavy atom. The first kappa shape index (κ1) is 21.4. The zero-order chi connectivity index (χ0) is 20.8. The molecule has 3 rings (SSSR count). The lowest BCUT2D eigenvalue weighted by molar-refractivity contribution is 0.0920. The second kappa shape index (κ2) is 9.97. The van der Waals surface area contributed by atoms with Crippen LogP contribution in [-0.4, -0.2) is 36.5 Å². The minimum atomic E-state index is -1.07. The van der Waals surface area contributed by atoms with Crippen LogP contribution < -0.4 is 5.32 Å². The van der Waals surface area contributed by atoms with Crippen LogP contribution in [0.1, 0.15) is 47.7 Å². The van der Waals surface area contributed by atoms with E-state index in [4.69, 9.17) is 0 Å². The average molecular weight is 401 g/mol. The second-order valence-corrected chi connectivity index (χ2v) is 8.12. The number of piperidine rings is 1. The Labute approximate surface area is 172 Å². The molecule has 5 heteroatoms. The Kier molecular flexibility index (Phi) is 7.37. The smallest absolute Gasteiger partial charge is 0.254 e. The summed E-state index contributed by atoms with van der Waals surface area (Å²) in [7, 11) is 0. The lowest BCUT2D eigenvalue weighted by atomic mass is 9.94. The van der Waals surface area contributed by atoms with Crippen LogP contribution in [0.2, 0.25) is 0 Å². The molecule has 1 aliphatic heterocycles. The molecule has 156 valence electrons. The van der Waals surface area contributed by atoms with E-state index in [0.717, 1.165) is 38.8 Å². The Bertz CT molecular complexity index is 817. The van der Waals surface area contributed by atoms with Crippen molar-refractivity contribution in [3.8, 4) is 0 Å². The fraction of sp³-hybridized carbons (Fsp3) is 0.458. The number of likely N-dealkylation sites (tertiary alicyclic amines) is 1. The van der Waals surface area contributed by atoms with E-state index < -0.39 is 17.5 Å². The van der Waals surface area contributed by atoms with Gasteiger partial charge in [0.15, 0.2) is 11.6 Å². The number of nitrogens with one attached hydrogen (secondary N) is 1. The minimum Gasteiger partial charge on any atom is -0.352 e. The van der Waals surface area contributed by atoms with E-state index >= 15 is 0 Å². The lowest BCUT2D eigenvalue weighted by Crippen LogP contribution is -2.42. The fourth-order valence-corrected chi connectivity index (χ4v) is 3.95. The highest BCUT2D eigenvalue weighted by Gasteiger charge is 2.24. The number of rotatable bonds is 7. The second-order valence-electron chi connectivity index (χ2n) is 8.12. The van der Waals surface area contributed by atoms with Gasteiger partial charge in [-0.15, -0.1) is 0 Å². The van der Waals surface area contributed by atoms with E-state index in [1.165, 1.54) is 24.6 Å². The highest BCUT2D eigenvalue weighted by Crippen LogP contribution is 2.21. The topological polar surface area (TPSA) is 32.3 Å². The molecule has 1 heterocycles. The first-order valence-electron chi connectivity index (χ1n) is 10.5. The molecule has 0 spiro atoms. The normalized spacial score (nSPS) is 16.6. The molecule has 2 aromatic carbocycles. The van der Waals surface area contributed by atoms with Crippen molar-refractivity contribution in [1.29, 1.82) is 0 Å². The summed E-state index contributed by atoms with van der Waals surface area (Å²) in [5, 5.41) is 2.78. The van der Waals surface area contributed by atoms with Gasteiger partial charge in [-0.05, 0) is 75.7 Å². The molecule has 1 amide bonds. The van der Waals surface area contributed by atoms with Crippen molar-refractivity contribution < 1.29 is 13.6 Å². The molecule has 1 aliphatic rings. The monoisotopic (exact) mass is 400 g/mol. The van der Waals surface area contributed by atoms with Crippen molar-refractivity contribution in [3.05, 3.63) is 70.8 Å². The highest BCUT2D eigenvalue weighted by molar-refractivity contribution is 5.94. The first-order chi connectivity index (χ1) is 14.0. The van der Waals surface area contributed by atoms with Gasteiger partial charge in [0, 0.05) is 12.6 Å². The number of nitrogens with zero attached hydrogens (tertiary/aromatic N) is 1. The summed E-state index contributed by atoms with van der Waals surface area (Å²) in [6.45, 7) is 6.27. The maximum atomic E-state index is 14.0. The van der Waals surface area contributed by atoms with Crippen molar-refractivity contribution in [2.45, 2.75) is 45.6 Å². The van der Waals surface area contributed by atoms with Crippen molar-refractivity contribution in [1.82, 2.24) is 10.2 Å². The van der Waals surface area contributed by atoms with Crippen molar-refractivity contribution in [3.63, 3.8) is 0 Å². The predicted octanol–water partition coefficient (Wildman–Crippen LogP) is 4.74. The molecule has 2 aromatic rings. The zero-order valence-electron chi connectivity index (χ0n) is 17.3. The third-order valence-corrected chi connectivity index (χ3v) is 6.04. The molecule has 0 aromatic heterocycles. The predicted molar refractivity (Wildman–Crippen MR) is 112 cm³/mol. The third-order valence-electron chi connectivity index (χ3n) is 6.04. The Balaban J connectivity index is 1.41. The van der Waals surface area contributed by atoms with Gasteiger partial charge in [-0.3, -0.25) is 4.79 Å². The number of carbonyl (C=O) groups excluding carboxylic acids is 1. The lowest BCUT2D eigenvalue weighted by Gasteiger charge is -2.36. The van der Waals surface area contributed by atoms with Crippen molar-refractivity contribution in [2.24, 2.45) is 5.92 Å². The van der Waals surface area contributed by atoms with Gasteiger partial charge < -0.3 is 10.2 Å². The summed E-state index contributed by atoms with van der Waals surface area (Å²) in [5.74, 6) is -2.19. The number of halogens is 2. The van der Waals surface area contributed by atoms with Crippen LogP contribution in [0.15, 0.2) is 42.5 Å². The van der Waals surface area contributed by atoms with Gasteiger partial charge in [0.05, 0.1) is 5.56 Å². The SMILES string of the molecule is Cc1ccc(C(=O)NCC2CCN(C(C)CCc3ccccc3)CC2)c(F)c1F. The molecule has 0 aliphatic carbocycles. The Hall–Kier alpha value is -2.27. The molecule has 3 nitrogen and oxygen atoms in total. The number of hydrogen-bond acceptors (Lipinski definition) is 2. The quantitative estimate of drug-likeness (QED) is 0.728. The molecule has 1 N–H and O–H groups in total. The summed E-state index contributed by atoms with van der Waals surface area (Å²) < 4.78 is 27.6. The van der Waals surface area contributed by atoms with E-state index in [0.29, 0.717) is 18.5 Å². The van der Waals surface area contributed by atoms with Crippen LogP contribution >= 0.6 is 0 Å². The first-order valence-corrected chi connectivity index (χ1v) is 10.5. The summed E-state index contributed by atoms with van der Waals surface area (Å²) in [4.78, 5) is 14.7.